The molecule has 0 aromatic carbocycles. The van der Waals surface area contributed by atoms with Crippen molar-refractivity contribution >= 4 is 11.3 Å². The van der Waals surface area contributed by atoms with E-state index in [1.807, 2.05) is 11.3 Å². The zero-order valence-electron chi connectivity index (χ0n) is 14.5. The second kappa shape index (κ2) is 6.35. The second-order valence-electron chi connectivity index (χ2n) is 7.50. The lowest BCUT2D eigenvalue weighted by Crippen LogP contribution is -2.62. The molecule has 2 rings (SSSR count). The van der Waals surface area contributed by atoms with E-state index in [1.54, 1.807) is 0 Å². The summed E-state index contributed by atoms with van der Waals surface area (Å²) in [5.74, 6) is 0. The fourth-order valence-electron chi connectivity index (χ4n) is 2.93. The molecular formula is C17H31N3S. The Bertz CT molecular complexity index is 457. The van der Waals surface area contributed by atoms with Crippen LogP contribution in [0.3, 0.4) is 0 Å². The highest BCUT2D eigenvalue weighted by molar-refractivity contribution is 7.09. The Hall–Kier alpha value is -0.450. The number of thiazole rings is 1. The molecule has 0 saturated carbocycles. The van der Waals surface area contributed by atoms with Crippen molar-refractivity contribution < 1.29 is 0 Å². The van der Waals surface area contributed by atoms with E-state index in [-0.39, 0.29) is 11.0 Å². The molecule has 21 heavy (non-hydrogen) atoms. The first-order valence-electron chi connectivity index (χ1n) is 8.23. The van der Waals surface area contributed by atoms with E-state index in [9.17, 15) is 0 Å². The van der Waals surface area contributed by atoms with Crippen molar-refractivity contribution in [3.05, 3.63) is 16.1 Å². The van der Waals surface area contributed by atoms with Gasteiger partial charge in [-0.15, -0.1) is 11.3 Å². The third kappa shape index (κ3) is 3.85. The number of aromatic nitrogens is 1. The van der Waals surface area contributed by atoms with E-state index in [4.69, 9.17) is 4.98 Å². The monoisotopic (exact) mass is 309 g/mol. The average molecular weight is 310 g/mol. The van der Waals surface area contributed by atoms with Crippen LogP contribution in [-0.2, 0) is 12.0 Å². The molecule has 1 aromatic rings. The third-order valence-corrected chi connectivity index (χ3v) is 5.75. The minimum absolute atomic E-state index is 0.153. The lowest BCUT2D eigenvalue weighted by molar-refractivity contribution is 0.0744. The number of hydrogen-bond acceptors (Lipinski definition) is 4. The summed E-state index contributed by atoms with van der Waals surface area (Å²) >= 11 is 1.81. The van der Waals surface area contributed by atoms with Crippen molar-refractivity contribution in [3.8, 4) is 0 Å². The van der Waals surface area contributed by atoms with E-state index in [1.165, 1.54) is 23.5 Å². The summed E-state index contributed by atoms with van der Waals surface area (Å²) in [6, 6.07) is 0.582. The van der Waals surface area contributed by atoms with E-state index < -0.39 is 0 Å². The summed E-state index contributed by atoms with van der Waals surface area (Å²) < 4.78 is 0. The van der Waals surface area contributed by atoms with Crippen LogP contribution < -0.4 is 5.32 Å². The molecule has 1 saturated heterocycles. The molecule has 120 valence electrons. The van der Waals surface area contributed by atoms with Crippen LogP contribution in [0.2, 0.25) is 0 Å². The van der Waals surface area contributed by atoms with Crippen LogP contribution in [0.5, 0.6) is 0 Å². The van der Waals surface area contributed by atoms with Gasteiger partial charge in [0.25, 0.3) is 0 Å². The van der Waals surface area contributed by atoms with Gasteiger partial charge in [-0.2, -0.15) is 0 Å². The first-order chi connectivity index (χ1) is 9.79. The van der Waals surface area contributed by atoms with Gasteiger partial charge >= 0.3 is 0 Å². The van der Waals surface area contributed by atoms with Crippen LogP contribution in [0.4, 0.5) is 0 Å². The van der Waals surface area contributed by atoms with Gasteiger partial charge in [0.05, 0.1) is 12.2 Å². The summed E-state index contributed by atoms with van der Waals surface area (Å²) in [6.07, 6.45) is 2.38. The summed E-state index contributed by atoms with van der Waals surface area (Å²) in [5.41, 5.74) is 1.67. The number of rotatable bonds is 4. The molecule has 0 bridgehead atoms. The second-order valence-corrected chi connectivity index (χ2v) is 8.44. The molecule has 1 aliphatic rings. The van der Waals surface area contributed by atoms with Gasteiger partial charge in [0.2, 0.25) is 0 Å². The van der Waals surface area contributed by atoms with Crippen molar-refractivity contribution in [2.24, 2.45) is 0 Å². The topological polar surface area (TPSA) is 28.2 Å². The Labute approximate surface area is 134 Å². The van der Waals surface area contributed by atoms with Gasteiger partial charge in [-0.25, -0.2) is 4.98 Å². The zero-order valence-corrected chi connectivity index (χ0v) is 15.3. The van der Waals surface area contributed by atoms with Gasteiger partial charge in [-0.1, -0.05) is 34.6 Å². The molecule has 4 heteroatoms. The predicted molar refractivity (Wildman–Crippen MR) is 92.0 cm³/mol. The lowest BCUT2D eigenvalue weighted by Gasteiger charge is -2.46. The fourth-order valence-corrected chi connectivity index (χ4v) is 3.98. The molecule has 0 aliphatic carbocycles. The van der Waals surface area contributed by atoms with Crippen LogP contribution in [0.25, 0.3) is 0 Å². The van der Waals surface area contributed by atoms with Gasteiger partial charge in [0.15, 0.2) is 0 Å². The summed E-state index contributed by atoms with van der Waals surface area (Å²) in [7, 11) is 0. The normalized spacial score (nSPS) is 23.4. The molecule has 1 atom stereocenters. The predicted octanol–water partition coefficient (Wildman–Crippen LogP) is 3.79. The number of nitrogens with one attached hydrogen (secondary N) is 1. The third-order valence-electron chi connectivity index (χ3n) is 4.91. The average Bonchev–Trinajstić information content (AvgIpc) is 2.90. The smallest absolute Gasteiger partial charge is 0.107 e. The summed E-state index contributed by atoms with van der Waals surface area (Å²) in [4.78, 5) is 7.47. The lowest BCUT2D eigenvalue weighted by atomic mass is 9.89. The minimum Gasteiger partial charge on any atom is -0.308 e. The molecule has 1 fully saturated rings. The molecule has 1 unspecified atom stereocenters. The molecule has 0 spiro atoms. The number of piperazine rings is 1. The quantitative estimate of drug-likeness (QED) is 0.917. The van der Waals surface area contributed by atoms with E-state index in [0.29, 0.717) is 6.04 Å². The van der Waals surface area contributed by atoms with Gasteiger partial charge in [0, 0.05) is 35.5 Å². The molecule has 3 nitrogen and oxygen atoms in total. The van der Waals surface area contributed by atoms with Crippen molar-refractivity contribution in [2.45, 2.75) is 77.9 Å². The van der Waals surface area contributed by atoms with E-state index in [2.05, 4.69) is 57.1 Å². The number of nitrogens with zero attached hydrogens (tertiary/aromatic N) is 2. The molecule has 2 heterocycles. The maximum absolute atomic E-state index is 4.87. The van der Waals surface area contributed by atoms with Crippen LogP contribution in [0, 0.1) is 0 Å². The molecule has 1 N–H and O–H groups in total. The Kier molecular flexibility index (Phi) is 5.11. The highest BCUT2D eigenvalue weighted by Gasteiger charge is 2.35. The van der Waals surface area contributed by atoms with E-state index in [0.717, 1.165) is 19.6 Å². The Morgan fingerprint density at radius 3 is 2.57 bits per heavy atom. The summed E-state index contributed by atoms with van der Waals surface area (Å²) in [5, 5.41) is 7.26. The Balaban J connectivity index is 2.08. The van der Waals surface area contributed by atoms with Crippen LogP contribution in [0.15, 0.2) is 5.38 Å². The van der Waals surface area contributed by atoms with Crippen molar-refractivity contribution in [1.29, 1.82) is 0 Å². The first kappa shape index (κ1) is 16.9. The summed E-state index contributed by atoms with van der Waals surface area (Å²) in [6.45, 7) is 16.8. The van der Waals surface area contributed by atoms with Gasteiger partial charge in [-0.05, 0) is 19.8 Å². The van der Waals surface area contributed by atoms with Crippen LogP contribution in [0.1, 0.15) is 65.1 Å². The fraction of sp³-hybridized carbons (Fsp3) is 0.824. The highest BCUT2D eigenvalue weighted by Crippen LogP contribution is 2.27. The van der Waals surface area contributed by atoms with Crippen LogP contribution in [-0.4, -0.2) is 34.6 Å². The molecule has 1 aromatic heterocycles. The molecule has 0 amide bonds. The standard InChI is InChI=1S/C17H31N3S/c1-7-17(8-2)12-20(13(3)9-18-17)10-15-19-14(11-21-15)16(4,5)6/h11,13,18H,7-10,12H2,1-6H3. The highest BCUT2D eigenvalue weighted by atomic mass is 32.1. The van der Waals surface area contributed by atoms with E-state index >= 15 is 0 Å². The Morgan fingerprint density at radius 1 is 1.38 bits per heavy atom. The molecule has 0 radical (unpaired) electrons. The van der Waals surface area contributed by atoms with Crippen LogP contribution >= 0.6 is 11.3 Å². The maximum atomic E-state index is 4.87. The number of hydrogen-bond donors (Lipinski definition) is 1. The molecular weight excluding hydrogens is 278 g/mol. The first-order valence-corrected chi connectivity index (χ1v) is 9.11. The van der Waals surface area contributed by atoms with Crippen molar-refractivity contribution in [3.63, 3.8) is 0 Å². The largest absolute Gasteiger partial charge is 0.308 e. The molecule has 1 aliphatic heterocycles. The van der Waals surface area contributed by atoms with Gasteiger partial charge in [-0.3, -0.25) is 4.90 Å². The van der Waals surface area contributed by atoms with Gasteiger partial charge in [0.1, 0.15) is 5.01 Å². The SMILES string of the molecule is CCC1(CC)CN(Cc2nc(C(C)(C)C)cs2)C(C)CN1. The van der Waals surface area contributed by atoms with Crippen molar-refractivity contribution in [2.75, 3.05) is 13.1 Å². The maximum Gasteiger partial charge on any atom is 0.107 e. The van der Waals surface area contributed by atoms with Crippen molar-refractivity contribution in [1.82, 2.24) is 15.2 Å². The Morgan fingerprint density at radius 2 is 2.05 bits per heavy atom. The zero-order chi connectivity index (χ0) is 15.7. The minimum atomic E-state index is 0.153. The van der Waals surface area contributed by atoms with Gasteiger partial charge < -0.3 is 5.32 Å².